The molecule has 0 radical (unpaired) electrons. The molecule has 0 aromatic heterocycles. The first-order valence-corrected chi connectivity index (χ1v) is 6.99. The Morgan fingerprint density at radius 3 is 2.41 bits per heavy atom. The van der Waals surface area contributed by atoms with Gasteiger partial charge in [-0.2, -0.15) is 13.2 Å². The molecule has 3 rings (SSSR count). The van der Waals surface area contributed by atoms with Gasteiger partial charge in [0.1, 0.15) is 0 Å². The molecule has 0 N–H and O–H groups in total. The zero-order chi connectivity index (χ0) is 15.7. The molecule has 0 aliphatic carbocycles. The molecule has 0 unspecified atom stereocenters. The summed E-state index contributed by atoms with van der Waals surface area (Å²) >= 11 is 0. The van der Waals surface area contributed by atoms with Crippen molar-refractivity contribution >= 4 is 16.7 Å². The first-order valence-electron chi connectivity index (χ1n) is 6.99. The van der Waals surface area contributed by atoms with Crippen LogP contribution in [0.4, 0.5) is 13.2 Å². The Balaban J connectivity index is 1.80. The Bertz CT molecular complexity index is 749. The minimum absolute atomic E-state index is 0.000499. The molecule has 5 heteroatoms. The first-order chi connectivity index (χ1) is 10.4. The maximum Gasteiger partial charge on any atom is 0.412 e. The smallest absolute Gasteiger partial charge is 0.335 e. The van der Waals surface area contributed by atoms with Gasteiger partial charge in [0.2, 0.25) is 0 Å². The van der Waals surface area contributed by atoms with E-state index in [4.69, 9.17) is 0 Å². The normalized spacial score (nSPS) is 15.8. The summed E-state index contributed by atoms with van der Waals surface area (Å²) in [5, 5.41) is 1.97. The molecule has 114 valence electrons. The number of rotatable bonds is 1. The van der Waals surface area contributed by atoms with Crippen molar-refractivity contribution in [3.63, 3.8) is 0 Å². The molecular weight excluding hydrogens is 291 g/mol. The van der Waals surface area contributed by atoms with E-state index in [0.29, 0.717) is 5.56 Å². The number of benzene rings is 2. The summed E-state index contributed by atoms with van der Waals surface area (Å²) < 4.78 is 37.8. The molecule has 1 amide bonds. The monoisotopic (exact) mass is 305 g/mol. The van der Waals surface area contributed by atoms with Crippen LogP contribution in [0.25, 0.3) is 10.8 Å². The van der Waals surface area contributed by atoms with Crippen LogP contribution in [0.2, 0.25) is 0 Å². The summed E-state index contributed by atoms with van der Waals surface area (Å²) in [6.45, 7) is 0.0947. The van der Waals surface area contributed by atoms with Crippen LogP contribution in [0.3, 0.4) is 0 Å². The van der Waals surface area contributed by atoms with Crippen molar-refractivity contribution in [2.75, 3.05) is 13.1 Å². The molecule has 2 aromatic carbocycles. The van der Waals surface area contributed by atoms with Gasteiger partial charge in [-0.15, -0.1) is 0 Å². The largest absolute Gasteiger partial charge is 0.412 e. The maximum atomic E-state index is 12.6. The number of carbonyl (C=O) groups excluding carboxylic acids is 1. The second kappa shape index (κ2) is 5.48. The minimum atomic E-state index is -4.29. The van der Waals surface area contributed by atoms with Crippen LogP contribution < -0.4 is 0 Å². The van der Waals surface area contributed by atoms with E-state index in [-0.39, 0.29) is 25.4 Å². The van der Waals surface area contributed by atoms with Gasteiger partial charge in [-0.3, -0.25) is 4.79 Å². The van der Waals surface area contributed by atoms with Gasteiger partial charge in [0.25, 0.3) is 5.91 Å². The predicted octanol–water partition coefficient (Wildman–Crippen LogP) is 4.17. The molecule has 1 aliphatic rings. The van der Waals surface area contributed by atoms with Crippen molar-refractivity contribution in [1.29, 1.82) is 0 Å². The van der Waals surface area contributed by atoms with Gasteiger partial charge >= 0.3 is 6.18 Å². The Kier molecular flexibility index (Phi) is 3.64. The number of halogens is 3. The predicted molar refractivity (Wildman–Crippen MR) is 78.6 cm³/mol. The fourth-order valence-electron chi connectivity index (χ4n) is 2.62. The highest BCUT2D eigenvalue weighted by molar-refractivity contribution is 5.98. The van der Waals surface area contributed by atoms with Gasteiger partial charge in [0.05, 0.1) is 0 Å². The van der Waals surface area contributed by atoms with Crippen LogP contribution in [0.15, 0.2) is 54.1 Å². The fraction of sp³-hybridized carbons (Fsp3) is 0.235. The number of hydrogen-bond acceptors (Lipinski definition) is 1. The van der Waals surface area contributed by atoms with Gasteiger partial charge in [-0.25, -0.2) is 0 Å². The number of alkyl halides is 3. The maximum absolute atomic E-state index is 12.6. The average molecular weight is 305 g/mol. The fourth-order valence-corrected chi connectivity index (χ4v) is 2.62. The zero-order valence-corrected chi connectivity index (χ0v) is 11.7. The third-order valence-corrected chi connectivity index (χ3v) is 3.86. The third kappa shape index (κ3) is 2.84. The zero-order valence-electron chi connectivity index (χ0n) is 11.7. The molecule has 2 aromatic rings. The van der Waals surface area contributed by atoms with Gasteiger partial charge in [0, 0.05) is 24.2 Å². The standard InChI is InChI=1S/C17H14F3NO/c18-17(19,20)15-7-9-21(10-8-15)16(22)14-6-5-12-3-1-2-4-13(12)11-14/h1-7,11H,8-10H2. The van der Waals surface area contributed by atoms with E-state index in [9.17, 15) is 18.0 Å². The molecule has 0 bridgehead atoms. The van der Waals surface area contributed by atoms with E-state index in [1.165, 1.54) is 4.90 Å². The van der Waals surface area contributed by atoms with Gasteiger partial charge in [0.15, 0.2) is 0 Å². The van der Waals surface area contributed by atoms with E-state index >= 15 is 0 Å². The SMILES string of the molecule is O=C(c1ccc2ccccc2c1)N1CC=C(C(F)(F)F)CC1. The lowest BCUT2D eigenvalue weighted by Crippen LogP contribution is -2.36. The number of hydrogen-bond donors (Lipinski definition) is 0. The topological polar surface area (TPSA) is 20.3 Å². The minimum Gasteiger partial charge on any atom is -0.335 e. The van der Waals surface area contributed by atoms with Crippen LogP contribution in [0.1, 0.15) is 16.8 Å². The van der Waals surface area contributed by atoms with E-state index in [1.54, 1.807) is 12.1 Å². The van der Waals surface area contributed by atoms with Crippen LogP contribution in [-0.4, -0.2) is 30.1 Å². The van der Waals surface area contributed by atoms with Crippen molar-refractivity contribution in [3.8, 4) is 0 Å². The van der Waals surface area contributed by atoms with Crippen molar-refractivity contribution < 1.29 is 18.0 Å². The number of amides is 1. The molecule has 0 saturated heterocycles. The summed E-state index contributed by atoms with van der Waals surface area (Å²) in [5.74, 6) is -0.233. The van der Waals surface area contributed by atoms with Crippen molar-refractivity contribution in [3.05, 3.63) is 59.7 Å². The second-order valence-corrected chi connectivity index (χ2v) is 5.29. The quantitative estimate of drug-likeness (QED) is 0.724. The lowest BCUT2D eigenvalue weighted by Gasteiger charge is -2.27. The Morgan fingerprint density at radius 1 is 1.05 bits per heavy atom. The van der Waals surface area contributed by atoms with Crippen LogP contribution in [0, 0.1) is 0 Å². The summed E-state index contributed by atoms with van der Waals surface area (Å²) in [6.07, 6.45) is -3.34. The second-order valence-electron chi connectivity index (χ2n) is 5.29. The highest BCUT2D eigenvalue weighted by atomic mass is 19.4. The van der Waals surface area contributed by atoms with Crippen molar-refractivity contribution in [2.24, 2.45) is 0 Å². The highest BCUT2D eigenvalue weighted by Crippen LogP contribution is 2.30. The van der Waals surface area contributed by atoms with Crippen LogP contribution >= 0.6 is 0 Å². The number of fused-ring (bicyclic) bond motifs is 1. The van der Waals surface area contributed by atoms with Gasteiger partial charge in [-0.1, -0.05) is 36.4 Å². The molecular formula is C17H14F3NO. The van der Waals surface area contributed by atoms with Crippen molar-refractivity contribution in [1.82, 2.24) is 4.90 Å². The van der Waals surface area contributed by atoms with Crippen LogP contribution in [0.5, 0.6) is 0 Å². The van der Waals surface area contributed by atoms with E-state index in [2.05, 4.69) is 0 Å². The molecule has 0 saturated carbocycles. The highest BCUT2D eigenvalue weighted by Gasteiger charge is 2.35. The Morgan fingerprint density at radius 2 is 1.77 bits per heavy atom. The van der Waals surface area contributed by atoms with Crippen molar-refractivity contribution in [2.45, 2.75) is 12.6 Å². The van der Waals surface area contributed by atoms with Crippen LogP contribution in [-0.2, 0) is 0 Å². The molecule has 22 heavy (non-hydrogen) atoms. The van der Waals surface area contributed by atoms with E-state index < -0.39 is 11.7 Å². The van der Waals surface area contributed by atoms with E-state index in [0.717, 1.165) is 16.8 Å². The Hall–Kier alpha value is -2.30. The molecule has 0 spiro atoms. The molecule has 2 nitrogen and oxygen atoms in total. The third-order valence-electron chi connectivity index (χ3n) is 3.86. The number of carbonyl (C=O) groups is 1. The van der Waals surface area contributed by atoms with Gasteiger partial charge in [-0.05, 0) is 29.3 Å². The summed E-state index contributed by atoms with van der Waals surface area (Å²) in [4.78, 5) is 13.9. The lowest BCUT2D eigenvalue weighted by atomic mass is 10.0. The molecule has 1 heterocycles. The molecule has 0 fully saturated rings. The lowest BCUT2D eigenvalue weighted by molar-refractivity contribution is -0.0957. The summed E-state index contributed by atoms with van der Waals surface area (Å²) in [6, 6.07) is 13.0. The number of nitrogens with zero attached hydrogens (tertiary/aromatic N) is 1. The van der Waals surface area contributed by atoms with E-state index in [1.807, 2.05) is 30.3 Å². The van der Waals surface area contributed by atoms with Gasteiger partial charge < -0.3 is 4.90 Å². The average Bonchev–Trinajstić information content (AvgIpc) is 2.53. The summed E-state index contributed by atoms with van der Waals surface area (Å²) in [7, 11) is 0. The Labute approximate surface area is 125 Å². The summed E-state index contributed by atoms with van der Waals surface area (Å²) in [5.41, 5.74) is -0.0439. The molecule has 1 aliphatic heterocycles. The first kappa shape index (κ1) is 14.6. The molecule has 0 atom stereocenters.